The lowest BCUT2D eigenvalue weighted by atomic mass is 10.1. The highest BCUT2D eigenvalue weighted by atomic mass is 19.4. The Morgan fingerprint density at radius 2 is 2.04 bits per heavy atom. The molecule has 1 atom stereocenters. The monoisotopic (exact) mass is 331 g/mol. The quantitative estimate of drug-likeness (QED) is 0.902. The van der Waals surface area contributed by atoms with E-state index in [0.717, 1.165) is 0 Å². The summed E-state index contributed by atoms with van der Waals surface area (Å²) in [7, 11) is 0. The third-order valence-electron chi connectivity index (χ3n) is 3.55. The van der Waals surface area contributed by atoms with E-state index in [-0.39, 0.29) is 18.5 Å². The third-order valence-corrected chi connectivity index (χ3v) is 3.55. The number of alkyl halides is 3. The van der Waals surface area contributed by atoms with Gasteiger partial charge in [0.1, 0.15) is 6.54 Å². The lowest BCUT2D eigenvalue weighted by Gasteiger charge is -2.18. The predicted octanol–water partition coefficient (Wildman–Crippen LogP) is 1.22. The smallest absolute Gasteiger partial charge is 0.333 e. The van der Waals surface area contributed by atoms with Crippen molar-refractivity contribution in [3.8, 4) is 0 Å². The van der Waals surface area contributed by atoms with Crippen LogP contribution in [0.15, 0.2) is 23.1 Å². The Bertz CT molecular complexity index is 669. The van der Waals surface area contributed by atoms with Crippen LogP contribution in [0.1, 0.15) is 13.3 Å². The van der Waals surface area contributed by atoms with Gasteiger partial charge in [0.15, 0.2) is 0 Å². The molecule has 23 heavy (non-hydrogen) atoms. The van der Waals surface area contributed by atoms with Crippen LogP contribution in [0.25, 0.3) is 0 Å². The summed E-state index contributed by atoms with van der Waals surface area (Å²) in [6.45, 7) is 0.565. The number of pyridine rings is 1. The summed E-state index contributed by atoms with van der Waals surface area (Å²) in [6, 6.07) is 2.70. The van der Waals surface area contributed by atoms with Gasteiger partial charge in [-0.2, -0.15) is 13.2 Å². The number of hydrogen-bond acceptors (Lipinski definition) is 3. The van der Waals surface area contributed by atoms with Gasteiger partial charge in [-0.3, -0.25) is 14.4 Å². The van der Waals surface area contributed by atoms with Crippen molar-refractivity contribution < 1.29 is 22.8 Å². The van der Waals surface area contributed by atoms with E-state index < -0.39 is 30.5 Å². The zero-order valence-electron chi connectivity index (χ0n) is 12.4. The van der Waals surface area contributed by atoms with Crippen molar-refractivity contribution in [2.24, 2.45) is 5.92 Å². The lowest BCUT2D eigenvalue weighted by molar-refractivity contribution is -0.157. The van der Waals surface area contributed by atoms with Gasteiger partial charge in [-0.1, -0.05) is 0 Å². The molecule has 1 aliphatic rings. The number of hydrogen-bond donors (Lipinski definition) is 1. The van der Waals surface area contributed by atoms with Crippen molar-refractivity contribution in [1.29, 1.82) is 0 Å². The second kappa shape index (κ2) is 6.43. The zero-order valence-corrected chi connectivity index (χ0v) is 12.4. The molecule has 1 unspecified atom stereocenters. The number of aromatic nitrogens is 1. The number of likely N-dealkylation sites (tertiary alicyclic amines) is 1. The second-order valence-electron chi connectivity index (χ2n) is 5.32. The number of rotatable bonds is 4. The van der Waals surface area contributed by atoms with E-state index in [4.69, 9.17) is 0 Å². The van der Waals surface area contributed by atoms with Crippen molar-refractivity contribution in [2.75, 3.05) is 18.4 Å². The fraction of sp³-hybridized carbons (Fsp3) is 0.500. The maximum Gasteiger partial charge on any atom is 0.406 e. The molecule has 1 fully saturated rings. The zero-order chi connectivity index (χ0) is 17.2. The molecule has 126 valence electrons. The van der Waals surface area contributed by atoms with Gasteiger partial charge in [-0.25, -0.2) is 0 Å². The van der Waals surface area contributed by atoms with Gasteiger partial charge >= 0.3 is 6.18 Å². The molecule has 0 radical (unpaired) electrons. The third kappa shape index (κ3) is 4.33. The minimum atomic E-state index is -4.49. The first-order valence-electron chi connectivity index (χ1n) is 7.05. The van der Waals surface area contributed by atoms with E-state index in [1.165, 1.54) is 22.9 Å². The van der Waals surface area contributed by atoms with Crippen LogP contribution in [0, 0.1) is 5.92 Å². The van der Waals surface area contributed by atoms with Crippen molar-refractivity contribution >= 4 is 17.5 Å². The molecule has 9 heteroatoms. The summed E-state index contributed by atoms with van der Waals surface area (Å²) < 4.78 is 38.4. The number of nitrogens with one attached hydrogen (secondary N) is 1. The van der Waals surface area contributed by atoms with E-state index in [1.807, 2.05) is 0 Å². The van der Waals surface area contributed by atoms with Gasteiger partial charge in [-0.05, 0) is 13.0 Å². The molecule has 2 rings (SSSR count). The summed E-state index contributed by atoms with van der Waals surface area (Å²) >= 11 is 0. The molecule has 2 amide bonds. The van der Waals surface area contributed by atoms with Crippen molar-refractivity contribution in [1.82, 2.24) is 9.47 Å². The first-order chi connectivity index (χ1) is 10.7. The molecular weight excluding hydrogens is 315 g/mol. The maximum absolute atomic E-state index is 12.4. The van der Waals surface area contributed by atoms with E-state index in [2.05, 4.69) is 5.32 Å². The number of carbonyl (C=O) groups excluding carboxylic acids is 2. The molecule has 1 aromatic heterocycles. The van der Waals surface area contributed by atoms with Gasteiger partial charge in [0, 0.05) is 31.8 Å². The van der Waals surface area contributed by atoms with Crippen molar-refractivity contribution in [3.05, 3.63) is 28.7 Å². The summed E-state index contributed by atoms with van der Waals surface area (Å²) in [5.41, 5.74) is 0.135. The average Bonchev–Trinajstić information content (AvgIpc) is 2.80. The molecule has 2 heterocycles. The van der Waals surface area contributed by atoms with E-state index in [0.29, 0.717) is 17.1 Å². The number of nitrogens with zero attached hydrogens (tertiary/aromatic N) is 2. The van der Waals surface area contributed by atoms with Crippen LogP contribution < -0.4 is 10.9 Å². The highest BCUT2D eigenvalue weighted by molar-refractivity contribution is 5.97. The van der Waals surface area contributed by atoms with Crippen molar-refractivity contribution in [2.45, 2.75) is 26.1 Å². The highest BCUT2D eigenvalue weighted by Gasteiger charge is 2.40. The normalized spacial score (nSPS) is 18.3. The molecule has 1 N–H and O–H groups in total. The summed E-state index contributed by atoms with van der Waals surface area (Å²) in [6.07, 6.45) is -3.29. The predicted molar refractivity (Wildman–Crippen MR) is 75.7 cm³/mol. The Kier molecular flexibility index (Phi) is 4.76. The van der Waals surface area contributed by atoms with Crippen LogP contribution in [0.5, 0.6) is 0 Å². The topological polar surface area (TPSA) is 71.4 Å². The molecule has 0 bridgehead atoms. The maximum atomic E-state index is 12.4. The van der Waals surface area contributed by atoms with Crippen LogP contribution in [0.4, 0.5) is 18.9 Å². The molecular formula is C14H16F3N3O3. The summed E-state index contributed by atoms with van der Waals surface area (Å²) in [5.74, 6) is -2.07. The number of anilines is 1. The van der Waals surface area contributed by atoms with Crippen molar-refractivity contribution in [3.63, 3.8) is 0 Å². The van der Waals surface area contributed by atoms with E-state index in [9.17, 15) is 27.6 Å². The van der Waals surface area contributed by atoms with Crippen LogP contribution in [-0.2, 0) is 16.1 Å². The molecule has 1 aromatic rings. The summed E-state index contributed by atoms with van der Waals surface area (Å²) in [4.78, 5) is 35.8. The second-order valence-corrected chi connectivity index (χ2v) is 5.32. The molecule has 0 saturated carbocycles. The molecule has 1 aliphatic heterocycles. The Labute approximate surface area is 129 Å². The van der Waals surface area contributed by atoms with Gasteiger partial charge in [0.25, 0.3) is 5.56 Å². The minimum absolute atomic E-state index is 0.224. The average molecular weight is 331 g/mol. The van der Waals surface area contributed by atoms with Crippen LogP contribution in [0.3, 0.4) is 0 Å². The summed E-state index contributed by atoms with van der Waals surface area (Å²) in [5, 5.41) is 2.53. The van der Waals surface area contributed by atoms with Gasteiger partial charge in [0.2, 0.25) is 11.8 Å². The number of halogens is 3. The standard InChI is InChI=1S/C14H16F3N3O3/c1-2-19-7-10(3-4-11(19)21)18-13(23)9-5-12(22)20(6-9)8-14(15,16)17/h3-4,7,9H,2,5-6,8H2,1H3,(H,18,23). The molecule has 6 nitrogen and oxygen atoms in total. The molecule has 0 aromatic carbocycles. The fourth-order valence-corrected chi connectivity index (χ4v) is 2.41. The number of amides is 2. The first-order valence-corrected chi connectivity index (χ1v) is 7.05. The van der Waals surface area contributed by atoms with Crippen LogP contribution >= 0.6 is 0 Å². The first kappa shape index (κ1) is 17.0. The fourth-order valence-electron chi connectivity index (χ4n) is 2.41. The van der Waals surface area contributed by atoms with Crippen LogP contribution in [-0.4, -0.2) is 40.5 Å². The number of carbonyl (C=O) groups is 2. The van der Waals surface area contributed by atoms with Gasteiger partial charge in [0.05, 0.1) is 11.6 Å². The molecule has 0 aliphatic carbocycles. The Balaban J connectivity index is 2.02. The van der Waals surface area contributed by atoms with Gasteiger partial charge < -0.3 is 14.8 Å². The molecule has 1 saturated heterocycles. The van der Waals surface area contributed by atoms with Gasteiger partial charge in [-0.15, -0.1) is 0 Å². The van der Waals surface area contributed by atoms with Crippen LogP contribution in [0.2, 0.25) is 0 Å². The largest absolute Gasteiger partial charge is 0.406 e. The molecule has 0 spiro atoms. The van der Waals surface area contributed by atoms with E-state index in [1.54, 1.807) is 6.92 Å². The highest BCUT2D eigenvalue weighted by Crippen LogP contribution is 2.24. The van der Waals surface area contributed by atoms with E-state index >= 15 is 0 Å². The minimum Gasteiger partial charge on any atom is -0.333 e. The lowest BCUT2D eigenvalue weighted by Crippen LogP contribution is -2.36. The Hall–Kier alpha value is -2.32. The Morgan fingerprint density at radius 1 is 1.35 bits per heavy atom. The Morgan fingerprint density at radius 3 is 2.65 bits per heavy atom. The number of aryl methyl sites for hydroxylation is 1. The SMILES string of the molecule is CCn1cc(NC(=O)C2CC(=O)N(CC(F)(F)F)C2)ccc1=O.